The number of nitrogens with one attached hydrogen (secondary N) is 1. The van der Waals surface area contributed by atoms with Crippen molar-refractivity contribution in [1.29, 1.82) is 0 Å². The molecule has 4 rings (SSSR count). The molecule has 26 heavy (non-hydrogen) atoms. The molecule has 2 aromatic heterocycles. The third kappa shape index (κ3) is 3.25. The average molecular weight is 354 g/mol. The average Bonchev–Trinajstić information content (AvgIpc) is 2.65. The molecule has 3 aromatic rings. The summed E-state index contributed by atoms with van der Waals surface area (Å²) in [6, 6.07) is 7.14. The predicted molar refractivity (Wildman–Crippen MR) is 92.3 cm³/mol. The highest BCUT2D eigenvalue weighted by Crippen LogP contribution is 2.20. The van der Waals surface area contributed by atoms with Gasteiger partial charge in [0.05, 0.1) is 11.3 Å². The van der Waals surface area contributed by atoms with E-state index in [9.17, 15) is 13.6 Å². The van der Waals surface area contributed by atoms with Crippen LogP contribution < -0.4 is 5.56 Å². The lowest BCUT2D eigenvalue weighted by Gasteiger charge is -2.27. The lowest BCUT2D eigenvalue weighted by Crippen LogP contribution is -2.35. The first-order chi connectivity index (χ1) is 12.6. The van der Waals surface area contributed by atoms with E-state index >= 15 is 0 Å². The second-order valence-corrected chi connectivity index (χ2v) is 6.27. The van der Waals surface area contributed by atoms with E-state index in [1.807, 2.05) is 4.90 Å². The minimum atomic E-state index is -0.598. The van der Waals surface area contributed by atoms with Gasteiger partial charge in [0.25, 0.3) is 5.56 Å². The van der Waals surface area contributed by atoms with Crippen molar-refractivity contribution in [3.8, 4) is 11.4 Å². The maximum atomic E-state index is 13.9. The van der Waals surface area contributed by atoms with E-state index < -0.39 is 11.6 Å². The summed E-state index contributed by atoms with van der Waals surface area (Å²) in [5.41, 5.74) is 2.38. The van der Waals surface area contributed by atoms with Gasteiger partial charge in [-0.2, -0.15) is 0 Å². The molecular weight excluding hydrogens is 338 g/mol. The van der Waals surface area contributed by atoms with E-state index in [0.717, 1.165) is 17.3 Å². The number of hydrogen-bond donors (Lipinski definition) is 1. The highest BCUT2D eigenvalue weighted by Gasteiger charge is 2.22. The summed E-state index contributed by atoms with van der Waals surface area (Å²) in [5, 5.41) is 0. The molecule has 1 N–H and O–H groups in total. The molecule has 132 valence electrons. The standard InChI is InChI=1S/C19H16F2N4O/c20-14-2-1-13(16(21)9-14)10-25-8-5-17-15(11-25)19(26)24-18(23-17)12-3-6-22-7-4-12/h1-4,6-7,9H,5,8,10-11H2,(H,23,24,26). The first kappa shape index (κ1) is 16.5. The normalized spacial score (nSPS) is 14.2. The molecule has 0 radical (unpaired) electrons. The van der Waals surface area contributed by atoms with Gasteiger partial charge in [-0.25, -0.2) is 13.8 Å². The maximum absolute atomic E-state index is 13.9. The molecule has 0 unspecified atom stereocenters. The fraction of sp³-hybridized carbons (Fsp3) is 0.211. The van der Waals surface area contributed by atoms with Crippen LogP contribution in [0.3, 0.4) is 0 Å². The van der Waals surface area contributed by atoms with Gasteiger partial charge in [-0.05, 0) is 18.2 Å². The van der Waals surface area contributed by atoms with Crippen molar-refractivity contribution in [2.75, 3.05) is 6.54 Å². The molecule has 0 fully saturated rings. The molecule has 1 aromatic carbocycles. The molecule has 1 aliphatic rings. The Morgan fingerprint density at radius 1 is 1.15 bits per heavy atom. The Morgan fingerprint density at radius 3 is 2.73 bits per heavy atom. The number of H-pyrrole nitrogens is 1. The molecule has 0 saturated heterocycles. The van der Waals surface area contributed by atoms with Gasteiger partial charge in [0, 0.05) is 55.6 Å². The Hall–Kier alpha value is -2.93. The molecule has 0 amide bonds. The summed E-state index contributed by atoms with van der Waals surface area (Å²) in [6.07, 6.45) is 3.89. The van der Waals surface area contributed by atoms with Gasteiger partial charge in [0.2, 0.25) is 0 Å². The zero-order chi connectivity index (χ0) is 18.1. The van der Waals surface area contributed by atoms with Gasteiger partial charge < -0.3 is 4.98 Å². The zero-order valence-electron chi connectivity index (χ0n) is 13.9. The van der Waals surface area contributed by atoms with E-state index in [4.69, 9.17) is 0 Å². The van der Waals surface area contributed by atoms with E-state index in [2.05, 4.69) is 15.0 Å². The first-order valence-electron chi connectivity index (χ1n) is 8.29. The Labute approximate surface area is 148 Å². The summed E-state index contributed by atoms with van der Waals surface area (Å²) in [6.45, 7) is 1.35. The number of fused-ring (bicyclic) bond motifs is 1. The summed E-state index contributed by atoms with van der Waals surface area (Å²) in [5.74, 6) is -0.649. The third-order valence-corrected chi connectivity index (χ3v) is 4.51. The maximum Gasteiger partial charge on any atom is 0.255 e. The van der Waals surface area contributed by atoms with Gasteiger partial charge in [-0.1, -0.05) is 6.07 Å². The second-order valence-electron chi connectivity index (χ2n) is 6.27. The van der Waals surface area contributed by atoms with E-state index in [1.165, 1.54) is 12.1 Å². The monoisotopic (exact) mass is 354 g/mol. The summed E-state index contributed by atoms with van der Waals surface area (Å²) >= 11 is 0. The van der Waals surface area contributed by atoms with Gasteiger partial charge in [-0.15, -0.1) is 0 Å². The molecule has 0 saturated carbocycles. The van der Waals surface area contributed by atoms with Crippen LogP contribution in [-0.4, -0.2) is 26.4 Å². The minimum Gasteiger partial charge on any atom is -0.306 e. The van der Waals surface area contributed by atoms with Crippen molar-refractivity contribution in [2.24, 2.45) is 0 Å². The highest BCUT2D eigenvalue weighted by molar-refractivity contribution is 5.54. The van der Waals surface area contributed by atoms with Gasteiger partial charge in [0.15, 0.2) is 0 Å². The van der Waals surface area contributed by atoms with Crippen molar-refractivity contribution >= 4 is 0 Å². The molecule has 0 aliphatic carbocycles. The van der Waals surface area contributed by atoms with Crippen LogP contribution in [0.4, 0.5) is 8.78 Å². The van der Waals surface area contributed by atoms with Crippen molar-refractivity contribution in [2.45, 2.75) is 19.5 Å². The highest BCUT2D eigenvalue weighted by atomic mass is 19.1. The molecule has 0 atom stereocenters. The molecule has 7 heteroatoms. The summed E-state index contributed by atoms with van der Waals surface area (Å²) < 4.78 is 26.9. The number of aromatic nitrogens is 3. The number of rotatable bonds is 3. The summed E-state index contributed by atoms with van der Waals surface area (Å²) in [4.78, 5) is 25.8. The number of hydrogen-bond acceptors (Lipinski definition) is 4. The second kappa shape index (κ2) is 6.76. The molecule has 0 spiro atoms. The van der Waals surface area contributed by atoms with Crippen molar-refractivity contribution in [3.05, 3.63) is 81.5 Å². The van der Waals surface area contributed by atoms with Gasteiger partial charge in [-0.3, -0.25) is 14.7 Å². The quantitative estimate of drug-likeness (QED) is 0.786. The van der Waals surface area contributed by atoms with Crippen molar-refractivity contribution in [1.82, 2.24) is 19.9 Å². The SMILES string of the molecule is O=c1[nH]c(-c2ccncc2)nc2c1CN(Cc1ccc(F)cc1F)CC2. The summed E-state index contributed by atoms with van der Waals surface area (Å²) in [7, 11) is 0. The number of pyridine rings is 1. The molecule has 5 nitrogen and oxygen atoms in total. The van der Waals surface area contributed by atoms with Gasteiger partial charge >= 0.3 is 0 Å². The number of nitrogens with zero attached hydrogens (tertiary/aromatic N) is 3. The minimum absolute atomic E-state index is 0.189. The van der Waals surface area contributed by atoms with Crippen LogP contribution in [0.15, 0.2) is 47.5 Å². The molecular formula is C19H16F2N4O. The topological polar surface area (TPSA) is 61.9 Å². The number of benzene rings is 1. The fourth-order valence-electron chi connectivity index (χ4n) is 3.15. The Morgan fingerprint density at radius 2 is 1.96 bits per heavy atom. The molecule has 0 bridgehead atoms. The third-order valence-electron chi connectivity index (χ3n) is 4.51. The predicted octanol–water partition coefficient (Wildman–Crippen LogP) is 2.67. The lowest BCUT2D eigenvalue weighted by molar-refractivity contribution is 0.238. The van der Waals surface area contributed by atoms with E-state index in [0.29, 0.717) is 43.0 Å². The lowest BCUT2D eigenvalue weighted by atomic mass is 10.1. The van der Waals surface area contributed by atoms with Crippen LogP contribution in [0.2, 0.25) is 0 Å². The fourth-order valence-corrected chi connectivity index (χ4v) is 3.15. The smallest absolute Gasteiger partial charge is 0.255 e. The zero-order valence-corrected chi connectivity index (χ0v) is 13.9. The largest absolute Gasteiger partial charge is 0.306 e. The van der Waals surface area contributed by atoms with Crippen LogP contribution in [0, 0.1) is 11.6 Å². The van der Waals surface area contributed by atoms with Crippen LogP contribution >= 0.6 is 0 Å². The van der Waals surface area contributed by atoms with Crippen LogP contribution in [0.1, 0.15) is 16.8 Å². The number of aromatic amines is 1. The van der Waals surface area contributed by atoms with Crippen LogP contribution in [0.25, 0.3) is 11.4 Å². The van der Waals surface area contributed by atoms with Crippen molar-refractivity contribution < 1.29 is 8.78 Å². The van der Waals surface area contributed by atoms with Crippen LogP contribution in [0.5, 0.6) is 0 Å². The molecule has 1 aliphatic heterocycles. The van der Waals surface area contributed by atoms with Crippen LogP contribution in [-0.2, 0) is 19.5 Å². The van der Waals surface area contributed by atoms with Gasteiger partial charge in [0.1, 0.15) is 17.5 Å². The Balaban J connectivity index is 1.58. The van der Waals surface area contributed by atoms with Crippen molar-refractivity contribution in [3.63, 3.8) is 0 Å². The van der Waals surface area contributed by atoms with E-state index in [-0.39, 0.29) is 5.56 Å². The first-order valence-corrected chi connectivity index (χ1v) is 8.29. The number of halogens is 2. The van der Waals surface area contributed by atoms with E-state index in [1.54, 1.807) is 24.5 Å². The Bertz CT molecular complexity index is 1000. The molecule has 3 heterocycles. The Kier molecular flexibility index (Phi) is 4.30.